The molecule has 2 atom stereocenters. The number of sulfonamides is 1. The van der Waals surface area contributed by atoms with Gasteiger partial charge in [-0.25, -0.2) is 22.8 Å². The van der Waals surface area contributed by atoms with Crippen molar-refractivity contribution in [1.82, 2.24) is 25.0 Å². The van der Waals surface area contributed by atoms with E-state index in [1.807, 2.05) is 64.1 Å². The number of ether oxygens (including phenoxy) is 2. The average molecular weight is 827 g/mol. The van der Waals surface area contributed by atoms with E-state index >= 15 is 0 Å². The van der Waals surface area contributed by atoms with Crippen molar-refractivity contribution in [3.8, 4) is 57.2 Å². The van der Waals surface area contributed by atoms with Gasteiger partial charge >= 0.3 is 0 Å². The zero-order valence-corrected chi connectivity index (χ0v) is 34.9. The van der Waals surface area contributed by atoms with Crippen LogP contribution in [0, 0.1) is 13.1 Å². The summed E-state index contributed by atoms with van der Waals surface area (Å²) in [6.07, 6.45) is 6.55. The number of nitrogens with zero attached hydrogens (tertiary/aromatic N) is 6. The zero-order chi connectivity index (χ0) is 42.6. The first-order valence-corrected chi connectivity index (χ1v) is 21.7. The predicted molar refractivity (Wildman–Crippen MR) is 228 cm³/mol. The van der Waals surface area contributed by atoms with Crippen LogP contribution in [0.15, 0.2) is 81.8 Å². The lowest BCUT2D eigenvalue weighted by molar-refractivity contribution is 0.244. The molecule has 0 spiro atoms. The van der Waals surface area contributed by atoms with Crippen molar-refractivity contribution in [2.75, 3.05) is 6.26 Å². The number of rotatable bonds is 10. The lowest BCUT2D eigenvalue weighted by atomic mass is 9.85. The van der Waals surface area contributed by atoms with Gasteiger partial charge in [-0.1, -0.05) is 46.7 Å². The highest BCUT2D eigenvalue weighted by molar-refractivity contribution is 7.88. The Kier molecular flexibility index (Phi) is 12.4. The van der Waals surface area contributed by atoms with Crippen molar-refractivity contribution in [3.05, 3.63) is 118 Å². The summed E-state index contributed by atoms with van der Waals surface area (Å²) < 4.78 is 48.7. The quantitative estimate of drug-likeness (QED) is 0.126. The van der Waals surface area contributed by atoms with Gasteiger partial charge in [0, 0.05) is 34.3 Å². The van der Waals surface area contributed by atoms with Crippen LogP contribution in [-0.4, -0.2) is 47.2 Å². The number of hydrogen-bond donors (Lipinski definition) is 2. The van der Waals surface area contributed by atoms with Gasteiger partial charge in [0.25, 0.3) is 11.8 Å². The fourth-order valence-electron chi connectivity index (χ4n) is 7.62. The number of nitrogens with two attached hydrogens (primary N) is 1. The topological polar surface area (TPSA) is 177 Å². The van der Waals surface area contributed by atoms with Crippen molar-refractivity contribution in [2.45, 2.75) is 90.5 Å². The molecule has 2 heterocycles. The third-order valence-electron chi connectivity index (χ3n) is 10.1. The van der Waals surface area contributed by atoms with Gasteiger partial charge in [-0.15, -0.1) is 0 Å². The first kappa shape index (κ1) is 41.8. The Morgan fingerprint density at radius 1 is 0.733 bits per heavy atom. The van der Waals surface area contributed by atoms with Gasteiger partial charge in [0.05, 0.1) is 31.6 Å². The molecule has 2 aromatic heterocycles. The summed E-state index contributed by atoms with van der Waals surface area (Å²) in [5.74, 6) is 2.74. The Hall–Kier alpha value is -6.39. The van der Waals surface area contributed by atoms with Crippen molar-refractivity contribution in [3.63, 3.8) is 0 Å². The standard InChI is InChI=1S/C23H24N4O4S.C22H22N4O2/c1-14(2)30-21-12-11-15(13-20(21)24-3)23-25-22(26-31-23)18-9-5-8-17-16(18)7-6-10-19(17)27-32(4,28)29;1-13(2)27-20-11-10-14(12-19(20)24-3)22-25-21(26-28-22)17-8-4-7-16-15(17)6-5-9-18(16)23/h5,8-9,11-14,19,27H,6-7,10H2,1-2,4H3;4,7-8,10-13,18H,5-6,9,23H2,1-2H3/t19-;18-/m11/s1. The Bertz CT molecular complexity index is 2710. The van der Waals surface area contributed by atoms with E-state index in [4.69, 9.17) is 37.4 Å². The van der Waals surface area contributed by atoms with Gasteiger partial charge in [0.2, 0.25) is 33.0 Å². The molecule has 0 bridgehead atoms. The van der Waals surface area contributed by atoms with Crippen molar-refractivity contribution in [2.24, 2.45) is 5.73 Å². The van der Waals surface area contributed by atoms with Gasteiger partial charge in [0.1, 0.15) is 11.5 Å². The molecule has 0 saturated heterocycles. The molecule has 6 aromatic rings. The number of aromatic nitrogens is 4. The molecule has 15 heteroatoms. The maximum Gasteiger partial charge on any atom is 0.256 e. The van der Waals surface area contributed by atoms with Gasteiger partial charge in [-0.05, 0) is 125 Å². The number of hydrogen-bond acceptors (Lipinski definition) is 11. The second-order valence-corrected chi connectivity index (χ2v) is 17.1. The summed E-state index contributed by atoms with van der Waals surface area (Å²) in [4.78, 5) is 16.3. The monoisotopic (exact) mass is 826 g/mol. The molecule has 0 amide bonds. The van der Waals surface area contributed by atoms with Crippen molar-refractivity contribution < 1.29 is 26.9 Å². The van der Waals surface area contributed by atoms with E-state index in [1.165, 1.54) is 17.4 Å². The molecule has 8 rings (SSSR count). The first-order valence-electron chi connectivity index (χ1n) is 19.8. The largest absolute Gasteiger partial charge is 0.502 e. The maximum atomic E-state index is 11.8. The lowest BCUT2D eigenvalue weighted by Crippen LogP contribution is -2.30. The molecule has 2 aliphatic rings. The molecule has 0 fully saturated rings. The third-order valence-corrected chi connectivity index (χ3v) is 10.8. The minimum atomic E-state index is -3.33. The van der Waals surface area contributed by atoms with E-state index in [-0.39, 0.29) is 24.3 Å². The van der Waals surface area contributed by atoms with Crippen LogP contribution >= 0.6 is 0 Å². The van der Waals surface area contributed by atoms with Crippen LogP contribution in [0.5, 0.6) is 11.5 Å². The molecular weight excluding hydrogens is 781 g/mol. The average Bonchev–Trinajstić information content (AvgIpc) is 3.92. The van der Waals surface area contributed by atoms with Gasteiger partial charge in [0.15, 0.2) is 0 Å². The third kappa shape index (κ3) is 9.40. The summed E-state index contributed by atoms with van der Waals surface area (Å²) in [6, 6.07) is 22.1. The van der Waals surface area contributed by atoms with E-state index in [1.54, 1.807) is 30.3 Å². The number of nitrogens with one attached hydrogen (secondary N) is 1. The SMILES string of the molecule is [C-]#[N+]c1cc(-c2nc(-c3cccc4c3CCC[C@H]4N)no2)ccc1OC(C)C.[C-]#[N+]c1cc(-c2nc(-c3cccc4c3CCC[C@H]4NS(C)(=O)=O)no2)ccc1OC(C)C. The minimum Gasteiger partial charge on any atom is -0.502 e. The molecular formula is C45H46N8O6S. The smallest absolute Gasteiger partial charge is 0.256 e. The van der Waals surface area contributed by atoms with E-state index in [0.717, 1.165) is 60.8 Å². The highest BCUT2D eigenvalue weighted by Crippen LogP contribution is 2.39. The summed E-state index contributed by atoms with van der Waals surface area (Å²) in [7, 11) is -3.33. The van der Waals surface area contributed by atoms with Crippen molar-refractivity contribution in [1.29, 1.82) is 0 Å². The highest BCUT2D eigenvalue weighted by Gasteiger charge is 2.27. The van der Waals surface area contributed by atoms with Crippen LogP contribution in [0.3, 0.4) is 0 Å². The zero-order valence-electron chi connectivity index (χ0n) is 34.1. The molecule has 4 aromatic carbocycles. The van der Waals surface area contributed by atoms with E-state index < -0.39 is 10.0 Å². The summed E-state index contributed by atoms with van der Waals surface area (Å²) in [5.41, 5.74) is 14.5. The predicted octanol–water partition coefficient (Wildman–Crippen LogP) is 9.75. The van der Waals surface area contributed by atoms with Crippen LogP contribution in [0.1, 0.15) is 87.7 Å². The van der Waals surface area contributed by atoms with Gasteiger partial charge < -0.3 is 24.3 Å². The normalized spacial score (nSPS) is 15.9. The molecule has 2 aliphatic carbocycles. The molecule has 0 aliphatic heterocycles. The lowest BCUT2D eigenvalue weighted by Gasteiger charge is -2.26. The molecule has 0 unspecified atom stereocenters. The van der Waals surface area contributed by atoms with E-state index in [9.17, 15) is 8.42 Å². The fraction of sp³-hybridized carbons (Fsp3) is 0.333. The highest BCUT2D eigenvalue weighted by atomic mass is 32.2. The van der Waals surface area contributed by atoms with Crippen LogP contribution in [-0.2, 0) is 22.9 Å². The molecule has 308 valence electrons. The Morgan fingerprint density at radius 3 is 1.70 bits per heavy atom. The van der Waals surface area contributed by atoms with Crippen molar-refractivity contribution >= 4 is 21.4 Å². The maximum absolute atomic E-state index is 11.8. The first-order chi connectivity index (χ1) is 28.8. The Labute approximate surface area is 349 Å². The second-order valence-electron chi connectivity index (χ2n) is 15.3. The minimum absolute atomic E-state index is 0.00279. The molecule has 3 N–H and O–H groups in total. The number of benzene rings is 4. The summed E-state index contributed by atoms with van der Waals surface area (Å²) in [5, 5.41) is 8.35. The molecule has 60 heavy (non-hydrogen) atoms. The second kappa shape index (κ2) is 17.8. The van der Waals surface area contributed by atoms with Crippen LogP contribution < -0.4 is 19.9 Å². The van der Waals surface area contributed by atoms with Crippen LogP contribution in [0.4, 0.5) is 11.4 Å². The van der Waals surface area contributed by atoms with Gasteiger partial charge in [-0.2, -0.15) is 9.97 Å². The fourth-order valence-corrected chi connectivity index (χ4v) is 8.38. The summed E-state index contributed by atoms with van der Waals surface area (Å²) >= 11 is 0. The van der Waals surface area contributed by atoms with Gasteiger partial charge in [-0.3, -0.25) is 0 Å². The Balaban J connectivity index is 0.000000183. The van der Waals surface area contributed by atoms with E-state index in [0.29, 0.717) is 57.4 Å². The molecule has 14 nitrogen and oxygen atoms in total. The number of fused-ring (bicyclic) bond motifs is 2. The van der Waals surface area contributed by atoms with E-state index in [2.05, 4.69) is 40.8 Å². The summed E-state index contributed by atoms with van der Waals surface area (Å²) in [6.45, 7) is 22.5. The van der Waals surface area contributed by atoms with Crippen LogP contribution in [0.2, 0.25) is 0 Å². The molecule has 0 radical (unpaired) electrons. The molecule has 0 saturated carbocycles. The Morgan fingerprint density at radius 2 is 1.22 bits per heavy atom. The van der Waals surface area contributed by atoms with Crippen LogP contribution in [0.25, 0.3) is 55.4 Å².